The molecule has 0 amide bonds. The summed E-state index contributed by atoms with van der Waals surface area (Å²) in [6, 6.07) is 17.1. The molecule has 0 unspecified atom stereocenters. The Morgan fingerprint density at radius 1 is 0.900 bits per heavy atom. The number of carbonyl (C=O) groups is 3. The van der Waals surface area contributed by atoms with Gasteiger partial charge in [0, 0.05) is 34.6 Å². The molecule has 2 aliphatic rings. The monoisotopic (exact) mass is 557 g/mol. The van der Waals surface area contributed by atoms with Crippen molar-refractivity contribution in [2.24, 2.45) is 0 Å². The van der Waals surface area contributed by atoms with Crippen molar-refractivity contribution in [3.8, 4) is 11.5 Å². The number of ether oxygens (including phenoxy) is 3. The maximum absolute atomic E-state index is 13.2. The fourth-order valence-corrected chi connectivity index (χ4v) is 6.73. The minimum atomic E-state index is -4.01. The molecule has 6 rings (SSSR count). The van der Waals surface area contributed by atoms with Crippen LogP contribution in [0.1, 0.15) is 53.6 Å². The van der Waals surface area contributed by atoms with Crippen LogP contribution in [0, 0.1) is 13.8 Å². The summed E-state index contributed by atoms with van der Waals surface area (Å²) in [5, 5.41) is 0. The lowest BCUT2D eigenvalue weighted by atomic mass is 10.0. The molecule has 0 radical (unpaired) electrons. The third-order valence-electron chi connectivity index (χ3n) is 7.16. The van der Waals surface area contributed by atoms with Gasteiger partial charge in [-0.25, -0.2) is 13.2 Å². The van der Waals surface area contributed by atoms with E-state index in [9.17, 15) is 22.8 Å². The molecule has 0 atom stereocenters. The standard InChI is InChI=1S/C30H23NO8S/c1-17-11-23(18(2)31(17)14-19-7-10-25-26(12-19)39-16-38-25)24(32)15-37-30(34)20-8-9-22-28(13-20)40(35,36)27-6-4-3-5-21(27)29(22)33/h3-13H,14-16H2,1-2H3. The zero-order chi connectivity index (χ0) is 28.2. The summed E-state index contributed by atoms with van der Waals surface area (Å²) in [6.07, 6.45) is 0. The van der Waals surface area contributed by atoms with Crippen molar-refractivity contribution >= 4 is 27.4 Å². The van der Waals surface area contributed by atoms with Crippen LogP contribution < -0.4 is 9.47 Å². The van der Waals surface area contributed by atoms with Crippen LogP contribution >= 0.6 is 0 Å². The Hall–Kier alpha value is -4.70. The lowest BCUT2D eigenvalue weighted by Gasteiger charge is -2.19. The lowest BCUT2D eigenvalue weighted by Crippen LogP contribution is -2.21. The van der Waals surface area contributed by atoms with Gasteiger partial charge >= 0.3 is 5.97 Å². The van der Waals surface area contributed by atoms with E-state index in [-0.39, 0.29) is 33.3 Å². The predicted molar refractivity (Wildman–Crippen MR) is 142 cm³/mol. The smallest absolute Gasteiger partial charge is 0.338 e. The summed E-state index contributed by atoms with van der Waals surface area (Å²) in [5.41, 5.74) is 2.97. The first-order valence-corrected chi connectivity index (χ1v) is 13.9. The molecule has 40 heavy (non-hydrogen) atoms. The van der Waals surface area contributed by atoms with Crippen LogP contribution in [-0.2, 0) is 21.1 Å². The zero-order valence-corrected chi connectivity index (χ0v) is 22.4. The number of sulfone groups is 1. The number of carbonyl (C=O) groups excluding carboxylic acids is 3. The molecular formula is C30H23NO8S. The molecule has 0 saturated heterocycles. The molecule has 202 valence electrons. The quantitative estimate of drug-likeness (QED) is 0.224. The molecule has 3 heterocycles. The average molecular weight is 558 g/mol. The Morgan fingerprint density at radius 3 is 2.48 bits per heavy atom. The summed E-state index contributed by atoms with van der Waals surface area (Å²) >= 11 is 0. The number of aromatic nitrogens is 1. The number of rotatable bonds is 6. The Balaban J connectivity index is 1.18. The highest BCUT2D eigenvalue weighted by atomic mass is 32.2. The number of hydrogen-bond acceptors (Lipinski definition) is 8. The molecule has 0 fully saturated rings. The van der Waals surface area contributed by atoms with Crippen LogP contribution in [0.15, 0.2) is 76.5 Å². The van der Waals surface area contributed by atoms with Gasteiger partial charge in [0.2, 0.25) is 22.4 Å². The molecular weight excluding hydrogens is 534 g/mol. The molecule has 2 aliphatic heterocycles. The number of benzene rings is 3. The second-order valence-electron chi connectivity index (χ2n) is 9.60. The number of esters is 1. The third-order valence-corrected chi connectivity index (χ3v) is 9.01. The van der Waals surface area contributed by atoms with Gasteiger partial charge in [-0.3, -0.25) is 9.59 Å². The lowest BCUT2D eigenvalue weighted by molar-refractivity contribution is 0.0474. The number of fused-ring (bicyclic) bond motifs is 3. The first-order valence-electron chi connectivity index (χ1n) is 12.4. The Bertz CT molecular complexity index is 1850. The second kappa shape index (κ2) is 9.49. The fraction of sp³-hybridized carbons (Fsp3) is 0.167. The van der Waals surface area contributed by atoms with Crippen molar-refractivity contribution in [1.82, 2.24) is 4.57 Å². The van der Waals surface area contributed by atoms with Gasteiger partial charge in [0.25, 0.3) is 0 Å². The van der Waals surface area contributed by atoms with Crippen molar-refractivity contribution < 1.29 is 37.0 Å². The van der Waals surface area contributed by atoms with Gasteiger partial charge in [0.05, 0.1) is 15.4 Å². The van der Waals surface area contributed by atoms with Gasteiger partial charge in [0.1, 0.15) is 0 Å². The molecule has 10 heteroatoms. The first-order chi connectivity index (χ1) is 19.1. The average Bonchev–Trinajstić information content (AvgIpc) is 3.54. The maximum Gasteiger partial charge on any atom is 0.338 e. The van der Waals surface area contributed by atoms with Gasteiger partial charge in [-0.05, 0) is 67.9 Å². The normalized spacial score (nSPS) is 14.4. The number of aryl methyl sites for hydroxylation is 1. The van der Waals surface area contributed by atoms with Crippen LogP contribution in [0.25, 0.3) is 0 Å². The van der Waals surface area contributed by atoms with E-state index in [0.29, 0.717) is 29.3 Å². The Morgan fingerprint density at radius 2 is 1.65 bits per heavy atom. The predicted octanol–water partition coefficient (Wildman–Crippen LogP) is 4.30. The summed E-state index contributed by atoms with van der Waals surface area (Å²) < 4.78 is 44.4. The third kappa shape index (κ3) is 4.17. The number of hydrogen-bond donors (Lipinski definition) is 0. The maximum atomic E-state index is 13.2. The van der Waals surface area contributed by atoms with E-state index >= 15 is 0 Å². The summed E-state index contributed by atoms with van der Waals surface area (Å²) in [6.45, 7) is 3.87. The minimum absolute atomic E-state index is 0.0128. The van der Waals surface area contributed by atoms with Crippen molar-refractivity contribution in [2.45, 2.75) is 30.2 Å². The van der Waals surface area contributed by atoms with Gasteiger partial charge in [-0.1, -0.05) is 18.2 Å². The van der Waals surface area contributed by atoms with E-state index in [0.717, 1.165) is 17.3 Å². The molecule has 0 spiro atoms. The first kappa shape index (κ1) is 25.6. The van der Waals surface area contributed by atoms with Crippen molar-refractivity contribution in [2.75, 3.05) is 13.4 Å². The molecule has 3 aromatic carbocycles. The summed E-state index contributed by atoms with van der Waals surface area (Å²) in [7, 11) is -4.01. The van der Waals surface area contributed by atoms with Gasteiger partial charge in [-0.15, -0.1) is 0 Å². The van der Waals surface area contributed by atoms with Crippen LogP contribution in [0.2, 0.25) is 0 Å². The van der Waals surface area contributed by atoms with Crippen molar-refractivity contribution in [1.29, 1.82) is 0 Å². The molecule has 0 N–H and O–H groups in total. The molecule has 1 aromatic heterocycles. The molecule has 4 aromatic rings. The van der Waals surface area contributed by atoms with E-state index in [1.165, 1.54) is 30.3 Å². The second-order valence-corrected chi connectivity index (χ2v) is 11.5. The van der Waals surface area contributed by atoms with E-state index in [1.54, 1.807) is 12.1 Å². The Labute approximate surface area is 229 Å². The van der Waals surface area contributed by atoms with E-state index in [4.69, 9.17) is 14.2 Å². The molecule has 0 bridgehead atoms. The fourth-order valence-electron chi connectivity index (χ4n) is 5.05. The largest absolute Gasteiger partial charge is 0.454 e. The number of Topliss-reactive ketones (excluding diaryl/α,β-unsaturated/α-hetero) is 1. The molecule has 9 nitrogen and oxygen atoms in total. The van der Waals surface area contributed by atoms with Gasteiger partial charge in [-0.2, -0.15) is 0 Å². The van der Waals surface area contributed by atoms with Crippen LogP contribution in [0.5, 0.6) is 11.5 Å². The summed E-state index contributed by atoms with van der Waals surface area (Å²) in [5.74, 6) is -0.339. The van der Waals surface area contributed by atoms with Crippen LogP contribution in [0.3, 0.4) is 0 Å². The summed E-state index contributed by atoms with van der Waals surface area (Å²) in [4.78, 5) is 38.3. The highest BCUT2D eigenvalue weighted by molar-refractivity contribution is 7.91. The van der Waals surface area contributed by atoms with Crippen LogP contribution in [0.4, 0.5) is 0 Å². The van der Waals surface area contributed by atoms with E-state index < -0.39 is 34.0 Å². The highest BCUT2D eigenvalue weighted by Crippen LogP contribution is 2.35. The minimum Gasteiger partial charge on any atom is -0.454 e. The van der Waals surface area contributed by atoms with E-state index in [2.05, 4.69) is 0 Å². The SMILES string of the molecule is Cc1cc(C(=O)COC(=O)c2ccc3c(c2)S(=O)(=O)c2ccccc2C3=O)c(C)n1Cc1ccc2c(c1)OCO2. The van der Waals surface area contributed by atoms with Crippen LogP contribution in [-0.4, -0.2) is 43.9 Å². The molecule has 0 saturated carbocycles. The topological polar surface area (TPSA) is 118 Å². The molecule has 0 aliphatic carbocycles. The highest BCUT2D eigenvalue weighted by Gasteiger charge is 2.35. The zero-order valence-electron chi connectivity index (χ0n) is 21.6. The van der Waals surface area contributed by atoms with Crippen molar-refractivity contribution in [3.63, 3.8) is 0 Å². The van der Waals surface area contributed by atoms with E-state index in [1.807, 2.05) is 36.6 Å². The van der Waals surface area contributed by atoms with Crippen molar-refractivity contribution in [3.05, 3.63) is 106 Å². The number of ketones is 2. The van der Waals surface area contributed by atoms with Gasteiger partial charge in [0.15, 0.2) is 23.9 Å². The van der Waals surface area contributed by atoms with Gasteiger partial charge < -0.3 is 18.8 Å². The number of nitrogens with zero attached hydrogens (tertiary/aromatic N) is 1. The Kier molecular flexibility index (Phi) is 6.07.